The second-order valence-corrected chi connectivity index (χ2v) is 7.07. The number of amidine groups is 1. The van der Waals surface area contributed by atoms with Crippen LogP contribution in [0.15, 0.2) is 18.2 Å². The van der Waals surface area contributed by atoms with E-state index >= 15 is 0 Å². The monoisotopic (exact) mass is 292 g/mol. The average molecular weight is 292 g/mol. The Morgan fingerprint density at radius 1 is 1.43 bits per heavy atom. The normalized spacial score (nSPS) is 24.8. The van der Waals surface area contributed by atoms with E-state index in [1.165, 1.54) is 12.5 Å². The van der Waals surface area contributed by atoms with Crippen LogP contribution in [-0.4, -0.2) is 11.9 Å². The third-order valence-corrected chi connectivity index (χ3v) is 4.19. The van der Waals surface area contributed by atoms with Crippen molar-refractivity contribution >= 4 is 5.84 Å². The van der Waals surface area contributed by atoms with Gasteiger partial charge in [0.05, 0.1) is 12.7 Å². The van der Waals surface area contributed by atoms with Gasteiger partial charge in [-0.2, -0.15) is 0 Å². The number of halogens is 1. The summed E-state index contributed by atoms with van der Waals surface area (Å²) in [6.45, 7) is 7.06. The van der Waals surface area contributed by atoms with Crippen LogP contribution in [0.25, 0.3) is 0 Å². The van der Waals surface area contributed by atoms with Crippen molar-refractivity contribution in [1.29, 1.82) is 5.41 Å². The first-order chi connectivity index (χ1) is 9.77. The summed E-state index contributed by atoms with van der Waals surface area (Å²) < 4.78 is 19.9. The molecule has 4 heteroatoms. The van der Waals surface area contributed by atoms with E-state index in [4.69, 9.17) is 15.9 Å². The number of hydrogen-bond acceptors (Lipinski definition) is 2. The van der Waals surface area contributed by atoms with Crippen LogP contribution < -0.4 is 5.73 Å². The summed E-state index contributed by atoms with van der Waals surface area (Å²) in [7, 11) is 0. The molecule has 0 aliphatic heterocycles. The lowest BCUT2D eigenvalue weighted by Crippen LogP contribution is -2.32. The minimum Gasteiger partial charge on any atom is -0.384 e. The van der Waals surface area contributed by atoms with Gasteiger partial charge in [0.15, 0.2) is 0 Å². The maximum absolute atomic E-state index is 14.0. The van der Waals surface area contributed by atoms with Crippen LogP contribution in [0.4, 0.5) is 4.39 Å². The van der Waals surface area contributed by atoms with Gasteiger partial charge < -0.3 is 10.5 Å². The van der Waals surface area contributed by atoms with Crippen LogP contribution in [0.1, 0.15) is 51.2 Å². The zero-order chi connectivity index (χ0) is 15.6. The molecule has 0 radical (unpaired) electrons. The third kappa shape index (κ3) is 4.27. The summed E-state index contributed by atoms with van der Waals surface area (Å²) in [6, 6.07) is 4.62. The Balaban J connectivity index is 1.98. The molecule has 0 spiro atoms. The molecular weight excluding hydrogens is 267 g/mol. The predicted molar refractivity (Wildman–Crippen MR) is 82.8 cm³/mol. The Morgan fingerprint density at radius 3 is 2.71 bits per heavy atom. The summed E-state index contributed by atoms with van der Waals surface area (Å²) in [5.74, 6) is 0.165. The summed E-state index contributed by atoms with van der Waals surface area (Å²) in [4.78, 5) is 0. The lowest BCUT2D eigenvalue weighted by Gasteiger charge is -2.38. The van der Waals surface area contributed by atoms with Gasteiger partial charge in [-0.25, -0.2) is 4.39 Å². The van der Waals surface area contributed by atoms with Crippen LogP contribution in [0, 0.1) is 22.6 Å². The standard InChI is InChI=1S/C17H25FN2O/c1-11-6-14(9-17(2,3)8-11)21-10-13-5-4-12(16(19)20)7-15(13)18/h4-5,7,11,14H,6,8-10H2,1-3H3,(H3,19,20). The van der Waals surface area contributed by atoms with Gasteiger partial charge in [0.25, 0.3) is 0 Å². The quantitative estimate of drug-likeness (QED) is 0.654. The van der Waals surface area contributed by atoms with E-state index in [1.54, 1.807) is 12.1 Å². The van der Waals surface area contributed by atoms with Crippen LogP contribution in [0.5, 0.6) is 0 Å². The summed E-state index contributed by atoms with van der Waals surface area (Å²) in [6.07, 6.45) is 3.46. The Kier molecular flexibility index (Phi) is 4.67. The number of ether oxygens (including phenoxy) is 1. The highest BCUT2D eigenvalue weighted by Gasteiger charge is 2.32. The van der Waals surface area contributed by atoms with Gasteiger partial charge in [0, 0.05) is 11.1 Å². The molecule has 21 heavy (non-hydrogen) atoms. The smallest absolute Gasteiger partial charge is 0.129 e. The summed E-state index contributed by atoms with van der Waals surface area (Å²) >= 11 is 0. The molecule has 1 aromatic rings. The van der Waals surface area contributed by atoms with Crippen molar-refractivity contribution in [3.63, 3.8) is 0 Å². The van der Waals surface area contributed by atoms with Crippen LogP contribution >= 0.6 is 0 Å². The van der Waals surface area contributed by atoms with Gasteiger partial charge in [0.2, 0.25) is 0 Å². The summed E-state index contributed by atoms with van der Waals surface area (Å²) in [5, 5.41) is 7.31. The van der Waals surface area contributed by atoms with E-state index < -0.39 is 0 Å². The zero-order valence-corrected chi connectivity index (χ0v) is 13.1. The van der Waals surface area contributed by atoms with E-state index in [9.17, 15) is 4.39 Å². The van der Waals surface area contributed by atoms with Gasteiger partial charge in [0.1, 0.15) is 11.7 Å². The first kappa shape index (κ1) is 16.0. The Bertz CT molecular complexity index is 528. The third-order valence-electron chi connectivity index (χ3n) is 4.19. The molecule has 0 saturated heterocycles. The number of rotatable bonds is 4. The molecule has 2 atom stereocenters. The molecule has 1 fully saturated rings. The molecule has 1 aliphatic carbocycles. The second-order valence-electron chi connectivity index (χ2n) is 7.07. The van der Waals surface area contributed by atoms with Crippen molar-refractivity contribution in [2.45, 2.75) is 52.7 Å². The Morgan fingerprint density at radius 2 is 2.14 bits per heavy atom. The maximum Gasteiger partial charge on any atom is 0.129 e. The largest absolute Gasteiger partial charge is 0.384 e. The van der Waals surface area contributed by atoms with E-state index in [-0.39, 0.29) is 24.4 Å². The summed E-state index contributed by atoms with van der Waals surface area (Å²) in [5.41, 5.74) is 6.58. The van der Waals surface area contributed by atoms with Crippen molar-refractivity contribution < 1.29 is 9.13 Å². The number of nitrogens with one attached hydrogen (secondary N) is 1. The van der Waals surface area contributed by atoms with Crippen molar-refractivity contribution in [3.05, 3.63) is 35.1 Å². The zero-order valence-electron chi connectivity index (χ0n) is 13.1. The number of nitrogens with two attached hydrogens (primary N) is 1. The molecule has 0 aromatic heterocycles. The molecule has 2 rings (SSSR count). The fourth-order valence-electron chi connectivity index (χ4n) is 3.42. The van der Waals surface area contributed by atoms with E-state index in [2.05, 4.69) is 20.8 Å². The topological polar surface area (TPSA) is 59.1 Å². The maximum atomic E-state index is 14.0. The van der Waals surface area contributed by atoms with E-state index in [1.807, 2.05) is 0 Å². The van der Waals surface area contributed by atoms with Crippen molar-refractivity contribution in [2.24, 2.45) is 17.1 Å². The molecule has 2 unspecified atom stereocenters. The van der Waals surface area contributed by atoms with Crippen molar-refractivity contribution in [3.8, 4) is 0 Å². The van der Waals surface area contributed by atoms with E-state index in [0.29, 0.717) is 22.5 Å². The second kappa shape index (κ2) is 6.14. The Hall–Kier alpha value is -1.42. The molecule has 1 saturated carbocycles. The molecule has 116 valence electrons. The minimum atomic E-state index is -0.356. The minimum absolute atomic E-state index is 0.121. The molecule has 1 aromatic carbocycles. The Labute approximate surface area is 126 Å². The van der Waals surface area contributed by atoms with Crippen molar-refractivity contribution in [2.75, 3.05) is 0 Å². The van der Waals surface area contributed by atoms with E-state index in [0.717, 1.165) is 12.8 Å². The highest BCUT2D eigenvalue weighted by Crippen LogP contribution is 2.39. The molecule has 1 aliphatic rings. The molecule has 0 heterocycles. The predicted octanol–water partition coefficient (Wildman–Crippen LogP) is 3.84. The van der Waals surface area contributed by atoms with Crippen LogP contribution in [-0.2, 0) is 11.3 Å². The highest BCUT2D eigenvalue weighted by atomic mass is 19.1. The molecule has 3 N–H and O–H groups in total. The van der Waals surface area contributed by atoms with Gasteiger partial charge in [-0.1, -0.05) is 32.9 Å². The number of nitrogen functional groups attached to an aromatic ring is 1. The van der Waals surface area contributed by atoms with Gasteiger partial charge in [-0.3, -0.25) is 5.41 Å². The first-order valence-electron chi connectivity index (χ1n) is 7.51. The lowest BCUT2D eigenvalue weighted by molar-refractivity contribution is -0.0324. The van der Waals surface area contributed by atoms with Gasteiger partial charge >= 0.3 is 0 Å². The van der Waals surface area contributed by atoms with Crippen molar-refractivity contribution in [1.82, 2.24) is 0 Å². The molecular formula is C17H25FN2O. The fraction of sp³-hybridized carbons (Fsp3) is 0.588. The molecule has 0 bridgehead atoms. The van der Waals surface area contributed by atoms with Crippen LogP contribution in [0.3, 0.4) is 0 Å². The lowest BCUT2D eigenvalue weighted by atomic mass is 9.71. The average Bonchev–Trinajstić information content (AvgIpc) is 2.34. The fourth-order valence-corrected chi connectivity index (χ4v) is 3.42. The number of benzene rings is 1. The number of hydrogen-bond donors (Lipinski definition) is 2. The highest BCUT2D eigenvalue weighted by molar-refractivity contribution is 5.94. The molecule has 0 amide bonds. The SMILES string of the molecule is CC1CC(OCc2ccc(C(=N)N)cc2F)CC(C)(C)C1. The van der Waals surface area contributed by atoms with Gasteiger partial charge in [-0.05, 0) is 36.7 Å². The van der Waals surface area contributed by atoms with Gasteiger partial charge in [-0.15, -0.1) is 0 Å². The van der Waals surface area contributed by atoms with Crippen LogP contribution in [0.2, 0.25) is 0 Å². The molecule has 3 nitrogen and oxygen atoms in total. The first-order valence-corrected chi connectivity index (χ1v) is 7.51.